The minimum atomic E-state index is 0.379. The topological polar surface area (TPSA) is 29.9 Å². The van der Waals surface area contributed by atoms with Crippen molar-refractivity contribution in [2.45, 2.75) is 26.8 Å². The molecule has 1 aromatic carbocycles. The average Bonchev–Trinajstić information content (AvgIpc) is 2.60. The molecule has 0 bridgehead atoms. The van der Waals surface area contributed by atoms with E-state index in [0.29, 0.717) is 6.04 Å². The highest BCUT2D eigenvalue weighted by Crippen LogP contribution is 2.16. The maximum atomic E-state index is 4.48. The number of para-hydroxylation sites is 1. The van der Waals surface area contributed by atoms with Crippen molar-refractivity contribution in [3.8, 4) is 5.69 Å². The maximum Gasteiger partial charge on any atom is 0.207 e. The van der Waals surface area contributed by atoms with E-state index in [-0.39, 0.29) is 0 Å². The molecule has 0 unspecified atom stereocenters. The largest absolute Gasteiger partial charge is 0.353 e. The summed E-state index contributed by atoms with van der Waals surface area (Å²) in [6, 6.07) is 10.6. The van der Waals surface area contributed by atoms with Gasteiger partial charge in [0, 0.05) is 17.9 Å². The minimum absolute atomic E-state index is 0.379. The molecule has 16 heavy (non-hydrogen) atoms. The van der Waals surface area contributed by atoms with Crippen LogP contribution in [-0.4, -0.2) is 15.6 Å². The van der Waals surface area contributed by atoms with Gasteiger partial charge in [0.2, 0.25) is 5.95 Å². The highest BCUT2D eigenvalue weighted by molar-refractivity contribution is 5.43. The zero-order chi connectivity index (χ0) is 11.5. The number of nitrogens with zero attached hydrogens (tertiary/aromatic N) is 2. The van der Waals surface area contributed by atoms with Crippen LogP contribution < -0.4 is 5.32 Å². The summed E-state index contributed by atoms with van der Waals surface area (Å²) in [6.07, 6.45) is 2.04. The molecular formula is C13H17N3. The lowest BCUT2D eigenvalue weighted by Gasteiger charge is -2.11. The number of imidazole rings is 1. The van der Waals surface area contributed by atoms with Crippen molar-refractivity contribution in [3.63, 3.8) is 0 Å². The monoisotopic (exact) mass is 215 g/mol. The van der Waals surface area contributed by atoms with Crippen LogP contribution in [0.1, 0.15) is 19.5 Å². The molecular weight excluding hydrogens is 198 g/mol. The molecule has 0 atom stereocenters. The van der Waals surface area contributed by atoms with Crippen molar-refractivity contribution in [2.24, 2.45) is 0 Å². The molecule has 1 N–H and O–H groups in total. The number of anilines is 1. The lowest BCUT2D eigenvalue weighted by atomic mass is 10.3. The van der Waals surface area contributed by atoms with Gasteiger partial charge in [-0.25, -0.2) is 4.98 Å². The lowest BCUT2D eigenvalue weighted by Crippen LogP contribution is -2.13. The van der Waals surface area contributed by atoms with E-state index < -0.39 is 0 Å². The molecule has 84 valence electrons. The molecule has 0 saturated heterocycles. The van der Waals surface area contributed by atoms with Gasteiger partial charge in [0.15, 0.2) is 0 Å². The number of benzene rings is 1. The van der Waals surface area contributed by atoms with Gasteiger partial charge in [0.05, 0.1) is 5.69 Å². The summed E-state index contributed by atoms with van der Waals surface area (Å²) in [5.41, 5.74) is 2.15. The van der Waals surface area contributed by atoms with Crippen molar-refractivity contribution in [2.75, 3.05) is 5.32 Å². The Kier molecular flexibility index (Phi) is 2.95. The van der Waals surface area contributed by atoms with Crippen LogP contribution in [0.5, 0.6) is 0 Å². The third-order valence-electron chi connectivity index (χ3n) is 2.28. The molecule has 0 radical (unpaired) electrons. The molecule has 0 fully saturated rings. The van der Waals surface area contributed by atoms with E-state index in [1.54, 1.807) is 0 Å². The van der Waals surface area contributed by atoms with Crippen LogP contribution in [0.15, 0.2) is 36.5 Å². The van der Waals surface area contributed by atoms with Gasteiger partial charge in [-0.1, -0.05) is 18.2 Å². The number of rotatable bonds is 3. The molecule has 2 aromatic rings. The Hall–Kier alpha value is -1.77. The summed E-state index contributed by atoms with van der Waals surface area (Å²) in [4.78, 5) is 4.48. The Morgan fingerprint density at radius 1 is 1.19 bits per heavy atom. The first-order chi connectivity index (χ1) is 7.66. The first kappa shape index (κ1) is 10.7. The summed E-state index contributed by atoms with van der Waals surface area (Å²) in [5, 5.41) is 3.34. The van der Waals surface area contributed by atoms with Crippen LogP contribution in [0, 0.1) is 6.92 Å². The highest BCUT2D eigenvalue weighted by Gasteiger charge is 2.07. The van der Waals surface area contributed by atoms with Gasteiger partial charge in [0.1, 0.15) is 0 Å². The third-order valence-corrected chi connectivity index (χ3v) is 2.28. The summed E-state index contributed by atoms with van der Waals surface area (Å²) < 4.78 is 2.08. The van der Waals surface area contributed by atoms with Gasteiger partial charge in [-0.15, -0.1) is 0 Å². The normalized spacial score (nSPS) is 10.8. The second kappa shape index (κ2) is 4.39. The summed E-state index contributed by atoms with van der Waals surface area (Å²) in [7, 11) is 0. The first-order valence-corrected chi connectivity index (χ1v) is 5.55. The van der Waals surface area contributed by atoms with Crippen LogP contribution in [-0.2, 0) is 0 Å². The number of nitrogens with one attached hydrogen (secondary N) is 1. The summed E-state index contributed by atoms with van der Waals surface area (Å²) in [5.74, 6) is 0.902. The fraction of sp³-hybridized carbons (Fsp3) is 0.308. The smallest absolute Gasteiger partial charge is 0.207 e. The number of hydrogen-bond donors (Lipinski definition) is 1. The molecule has 2 rings (SSSR count). The van der Waals surface area contributed by atoms with Crippen molar-refractivity contribution in [1.29, 1.82) is 0 Å². The molecule has 0 aliphatic rings. The van der Waals surface area contributed by atoms with Gasteiger partial charge in [-0.05, 0) is 32.9 Å². The summed E-state index contributed by atoms with van der Waals surface area (Å²) in [6.45, 7) is 6.23. The van der Waals surface area contributed by atoms with Gasteiger partial charge in [-0.2, -0.15) is 0 Å². The fourth-order valence-corrected chi connectivity index (χ4v) is 1.64. The Morgan fingerprint density at radius 3 is 2.50 bits per heavy atom. The molecule has 3 heteroatoms. The Bertz CT molecular complexity index is 457. The average molecular weight is 215 g/mol. The van der Waals surface area contributed by atoms with E-state index in [1.807, 2.05) is 31.3 Å². The Morgan fingerprint density at radius 2 is 1.88 bits per heavy atom. The first-order valence-electron chi connectivity index (χ1n) is 5.55. The van der Waals surface area contributed by atoms with Crippen LogP contribution in [0.4, 0.5) is 5.95 Å². The van der Waals surface area contributed by atoms with Crippen molar-refractivity contribution in [1.82, 2.24) is 9.55 Å². The van der Waals surface area contributed by atoms with Gasteiger partial charge in [-0.3, -0.25) is 4.57 Å². The van der Waals surface area contributed by atoms with Crippen molar-refractivity contribution in [3.05, 3.63) is 42.2 Å². The molecule has 0 amide bonds. The molecule has 1 heterocycles. The van der Waals surface area contributed by atoms with E-state index >= 15 is 0 Å². The lowest BCUT2D eigenvalue weighted by molar-refractivity contribution is 0.864. The van der Waals surface area contributed by atoms with E-state index in [0.717, 1.165) is 17.3 Å². The minimum Gasteiger partial charge on any atom is -0.353 e. The Labute approximate surface area is 96.1 Å². The zero-order valence-electron chi connectivity index (χ0n) is 9.94. The number of aromatic nitrogens is 2. The number of aryl methyl sites for hydroxylation is 1. The maximum absolute atomic E-state index is 4.48. The molecule has 0 saturated carbocycles. The predicted octanol–water partition coefficient (Wildman–Crippen LogP) is 3.00. The van der Waals surface area contributed by atoms with E-state index in [2.05, 4.69) is 40.8 Å². The van der Waals surface area contributed by atoms with E-state index in [1.165, 1.54) is 0 Å². The van der Waals surface area contributed by atoms with Crippen LogP contribution >= 0.6 is 0 Å². The quantitative estimate of drug-likeness (QED) is 0.853. The second-order valence-corrected chi connectivity index (χ2v) is 4.21. The fourth-order valence-electron chi connectivity index (χ4n) is 1.64. The summed E-state index contributed by atoms with van der Waals surface area (Å²) >= 11 is 0. The van der Waals surface area contributed by atoms with Gasteiger partial charge >= 0.3 is 0 Å². The highest BCUT2D eigenvalue weighted by atomic mass is 15.2. The van der Waals surface area contributed by atoms with Gasteiger partial charge < -0.3 is 5.32 Å². The predicted molar refractivity (Wildman–Crippen MR) is 67.1 cm³/mol. The molecule has 1 aromatic heterocycles. The van der Waals surface area contributed by atoms with Crippen LogP contribution in [0.3, 0.4) is 0 Å². The molecule has 0 spiro atoms. The molecule has 3 nitrogen and oxygen atoms in total. The van der Waals surface area contributed by atoms with Crippen molar-refractivity contribution < 1.29 is 0 Å². The molecule has 0 aliphatic heterocycles. The zero-order valence-corrected chi connectivity index (χ0v) is 9.94. The van der Waals surface area contributed by atoms with Crippen LogP contribution in [0.2, 0.25) is 0 Å². The van der Waals surface area contributed by atoms with Gasteiger partial charge in [0.25, 0.3) is 0 Å². The van der Waals surface area contributed by atoms with Crippen LogP contribution in [0.25, 0.3) is 5.69 Å². The number of hydrogen-bond acceptors (Lipinski definition) is 2. The van der Waals surface area contributed by atoms with E-state index in [9.17, 15) is 0 Å². The Balaban J connectivity index is 2.40. The van der Waals surface area contributed by atoms with Crippen molar-refractivity contribution >= 4 is 5.95 Å². The second-order valence-electron chi connectivity index (χ2n) is 4.21. The molecule has 0 aliphatic carbocycles. The SMILES string of the molecule is Cc1cn(-c2ccccc2)c(NC(C)C)n1. The standard InChI is InChI=1S/C13H17N3/c1-10(2)14-13-15-11(3)9-16(13)12-7-5-4-6-8-12/h4-10H,1-3H3,(H,14,15). The van der Waals surface area contributed by atoms with E-state index in [4.69, 9.17) is 0 Å². The third kappa shape index (κ3) is 2.24.